The molecule has 16 heavy (non-hydrogen) atoms. The molecule has 1 atom stereocenters. The van der Waals surface area contributed by atoms with Crippen LogP contribution in [0.25, 0.3) is 10.9 Å². The van der Waals surface area contributed by atoms with Gasteiger partial charge in [0.15, 0.2) is 0 Å². The first-order chi connectivity index (χ1) is 7.33. The smallest absolute Gasteiger partial charge is 0.407 e. The normalized spacial score (nSPS) is 19.0. The number of hydrogen-bond acceptors (Lipinski definition) is 2. The Morgan fingerprint density at radius 3 is 2.94 bits per heavy atom. The number of halogens is 1. The quantitative estimate of drug-likeness (QED) is 0.802. The third-order valence-electron chi connectivity index (χ3n) is 2.65. The number of nitrogens with one attached hydrogen (secondary N) is 2. The maximum atomic E-state index is 10.9. The lowest BCUT2D eigenvalue weighted by Crippen LogP contribution is -2.18. The molecular weight excluding hydrogens is 228 g/mol. The lowest BCUT2D eigenvalue weighted by Gasteiger charge is -2.07. The summed E-state index contributed by atoms with van der Waals surface area (Å²) in [7, 11) is 0. The zero-order chi connectivity index (χ0) is 10.3. The van der Waals surface area contributed by atoms with Crippen molar-refractivity contribution in [3.05, 3.63) is 36.0 Å². The molecule has 0 bridgehead atoms. The highest BCUT2D eigenvalue weighted by Gasteiger charge is 2.23. The van der Waals surface area contributed by atoms with E-state index in [2.05, 4.69) is 10.3 Å². The number of fused-ring (bicyclic) bond motifs is 1. The summed E-state index contributed by atoms with van der Waals surface area (Å²) < 4.78 is 4.85. The molecule has 5 heteroatoms. The van der Waals surface area contributed by atoms with Crippen LogP contribution in [0.4, 0.5) is 4.79 Å². The first kappa shape index (κ1) is 10.8. The Kier molecular flexibility index (Phi) is 2.75. The van der Waals surface area contributed by atoms with Crippen LogP contribution in [0.5, 0.6) is 0 Å². The lowest BCUT2D eigenvalue weighted by molar-refractivity contribution is 0.177. The van der Waals surface area contributed by atoms with Crippen molar-refractivity contribution in [1.29, 1.82) is 0 Å². The van der Waals surface area contributed by atoms with Gasteiger partial charge in [-0.3, -0.25) is 0 Å². The summed E-state index contributed by atoms with van der Waals surface area (Å²) in [5.41, 5.74) is 2.14. The Morgan fingerprint density at radius 1 is 1.31 bits per heavy atom. The number of rotatable bonds is 1. The number of amides is 1. The first-order valence-electron chi connectivity index (χ1n) is 4.83. The average Bonchev–Trinajstić information content (AvgIpc) is 2.84. The van der Waals surface area contributed by atoms with Gasteiger partial charge in [0.25, 0.3) is 0 Å². The van der Waals surface area contributed by atoms with E-state index in [1.54, 1.807) is 0 Å². The van der Waals surface area contributed by atoms with Crippen molar-refractivity contribution >= 4 is 29.4 Å². The zero-order valence-corrected chi connectivity index (χ0v) is 9.21. The molecule has 0 radical (unpaired) electrons. The second-order valence-corrected chi connectivity index (χ2v) is 3.62. The molecule has 1 aromatic heterocycles. The van der Waals surface area contributed by atoms with Crippen LogP contribution in [0.15, 0.2) is 30.5 Å². The van der Waals surface area contributed by atoms with Crippen molar-refractivity contribution in [1.82, 2.24) is 10.3 Å². The molecule has 0 aliphatic carbocycles. The molecule has 0 unspecified atom stereocenters. The highest BCUT2D eigenvalue weighted by Crippen LogP contribution is 2.22. The number of benzene rings is 1. The first-order valence-corrected chi connectivity index (χ1v) is 4.83. The van der Waals surface area contributed by atoms with Crippen LogP contribution in [0.2, 0.25) is 0 Å². The Morgan fingerprint density at radius 2 is 2.19 bits per heavy atom. The third kappa shape index (κ3) is 1.72. The van der Waals surface area contributed by atoms with Gasteiger partial charge in [-0.1, -0.05) is 12.1 Å². The minimum Gasteiger partial charge on any atom is -0.447 e. The third-order valence-corrected chi connectivity index (χ3v) is 2.65. The molecule has 2 N–H and O–H groups in total. The number of carbonyl (C=O) groups is 1. The number of aromatic nitrogens is 1. The Balaban J connectivity index is 0.000000963. The predicted molar refractivity (Wildman–Crippen MR) is 62.8 cm³/mol. The van der Waals surface area contributed by atoms with Crippen molar-refractivity contribution in [2.45, 2.75) is 6.04 Å². The van der Waals surface area contributed by atoms with Gasteiger partial charge in [0.05, 0.1) is 6.04 Å². The highest BCUT2D eigenvalue weighted by atomic mass is 35.5. The molecular formula is C11H11ClN2O2. The fourth-order valence-electron chi connectivity index (χ4n) is 1.85. The summed E-state index contributed by atoms with van der Waals surface area (Å²) in [4.78, 5) is 14.0. The molecule has 1 saturated heterocycles. The molecule has 2 aromatic rings. The monoisotopic (exact) mass is 238 g/mol. The van der Waals surface area contributed by atoms with Crippen molar-refractivity contribution in [2.75, 3.05) is 6.61 Å². The van der Waals surface area contributed by atoms with E-state index in [1.165, 1.54) is 5.39 Å². The Bertz CT molecular complexity index is 523. The minimum absolute atomic E-state index is 0. The minimum atomic E-state index is -0.341. The number of ether oxygens (including phenoxy) is 1. The van der Waals surface area contributed by atoms with Gasteiger partial charge in [-0.25, -0.2) is 4.79 Å². The molecule has 1 fully saturated rings. The van der Waals surface area contributed by atoms with Crippen molar-refractivity contribution in [3.63, 3.8) is 0 Å². The van der Waals surface area contributed by atoms with Crippen molar-refractivity contribution in [3.8, 4) is 0 Å². The topological polar surface area (TPSA) is 54.1 Å². The van der Waals surface area contributed by atoms with E-state index < -0.39 is 0 Å². The summed E-state index contributed by atoms with van der Waals surface area (Å²) in [5.74, 6) is 0. The molecule has 1 amide bonds. The van der Waals surface area contributed by atoms with Gasteiger partial charge in [0.1, 0.15) is 6.61 Å². The molecule has 0 spiro atoms. The second kappa shape index (κ2) is 4.06. The molecule has 4 nitrogen and oxygen atoms in total. The highest BCUT2D eigenvalue weighted by molar-refractivity contribution is 5.85. The lowest BCUT2D eigenvalue weighted by atomic mass is 10.1. The van der Waals surface area contributed by atoms with Crippen LogP contribution in [-0.2, 0) is 4.74 Å². The summed E-state index contributed by atoms with van der Waals surface area (Å²) in [6.45, 7) is 0.408. The molecule has 3 rings (SSSR count). The maximum absolute atomic E-state index is 10.9. The summed E-state index contributed by atoms with van der Waals surface area (Å²) in [5, 5.41) is 3.92. The van der Waals surface area contributed by atoms with E-state index in [-0.39, 0.29) is 24.5 Å². The summed E-state index contributed by atoms with van der Waals surface area (Å²) in [6, 6.07) is 8.07. The molecule has 1 aliphatic heterocycles. The Labute approximate surface area is 98.4 Å². The summed E-state index contributed by atoms with van der Waals surface area (Å²) >= 11 is 0. The van der Waals surface area contributed by atoms with Gasteiger partial charge in [-0.15, -0.1) is 12.4 Å². The standard InChI is InChI=1S/C11H10N2O2.ClH/c14-11-13-10(6-15-11)8-2-1-7-3-4-12-9(7)5-8;/h1-5,10,12H,6H2,(H,13,14);1H/t10-;/m0./s1. The zero-order valence-electron chi connectivity index (χ0n) is 8.40. The molecule has 84 valence electrons. The van der Waals surface area contributed by atoms with Crippen molar-refractivity contribution < 1.29 is 9.53 Å². The van der Waals surface area contributed by atoms with Crippen LogP contribution in [0.3, 0.4) is 0 Å². The number of H-pyrrole nitrogens is 1. The molecule has 1 aliphatic rings. The van der Waals surface area contributed by atoms with E-state index in [0.29, 0.717) is 6.61 Å². The number of aromatic amines is 1. The van der Waals surface area contributed by atoms with Crippen LogP contribution >= 0.6 is 12.4 Å². The van der Waals surface area contributed by atoms with E-state index in [4.69, 9.17) is 4.74 Å². The number of alkyl carbamates (subject to hydrolysis) is 1. The largest absolute Gasteiger partial charge is 0.447 e. The fraction of sp³-hybridized carbons (Fsp3) is 0.182. The number of carbonyl (C=O) groups excluding carboxylic acids is 1. The van der Waals surface area contributed by atoms with Crippen LogP contribution < -0.4 is 5.32 Å². The van der Waals surface area contributed by atoms with Gasteiger partial charge in [0.2, 0.25) is 0 Å². The van der Waals surface area contributed by atoms with E-state index >= 15 is 0 Å². The predicted octanol–water partition coefficient (Wildman–Crippen LogP) is 2.37. The van der Waals surface area contributed by atoms with Crippen LogP contribution in [-0.4, -0.2) is 17.7 Å². The number of cyclic esters (lactones) is 1. The van der Waals surface area contributed by atoms with Crippen LogP contribution in [0.1, 0.15) is 11.6 Å². The summed E-state index contributed by atoms with van der Waals surface area (Å²) in [6.07, 6.45) is 1.56. The van der Waals surface area contributed by atoms with Gasteiger partial charge in [-0.05, 0) is 23.1 Å². The van der Waals surface area contributed by atoms with Gasteiger partial charge < -0.3 is 15.0 Å². The van der Waals surface area contributed by atoms with Crippen molar-refractivity contribution in [2.24, 2.45) is 0 Å². The van der Waals surface area contributed by atoms with Gasteiger partial charge in [-0.2, -0.15) is 0 Å². The van der Waals surface area contributed by atoms with Crippen LogP contribution in [0, 0.1) is 0 Å². The molecule has 2 heterocycles. The van der Waals surface area contributed by atoms with Gasteiger partial charge >= 0.3 is 6.09 Å². The molecule has 1 aromatic carbocycles. The molecule has 0 saturated carbocycles. The van der Waals surface area contributed by atoms with E-state index in [9.17, 15) is 4.79 Å². The van der Waals surface area contributed by atoms with E-state index in [1.807, 2.05) is 30.5 Å². The maximum Gasteiger partial charge on any atom is 0.407 e. The SMILES string of the molecule is Cl.O=C1N[C@H](c2ccc3cc[nH]c3c2)CO1. The second-order valence-electron chi connectivity index (χ2n) is 3.62. The Hall–Kier alpha value is -1.68. The average molecular weight is 239 g/mol. The van der Waals surface area contributed by atoms with E-state index in [0.717, 1.165) is 11.1 Å². The number of hydrogen-bond donors (Lipinski definition) is 2. The fourth-order valence-corrected chi connectivity index (χ4v) is 1.85. The van der Waals surface area contributed by atoms with Gasteiger partial charge in [0, 0.05) is 11.7 Å².